The molecule has 0 unspecified atom stereocenters. The zero-order chi connectivity index (χ0) is 18.7. The van der Waals surface area contributed by atoms with Crippen molar-refractivity contribution in [3.63, 3.8) is 0 Å². The van der Waals surface area contributed by atoms with Gasteiger partial charge in [-0.1, -0.05) is 16.8 Å². The number of hydrogen-bond acceptors (Lipinski definition) is 6. The van der Waals surface area contributed by atoms with Gasteiger partial charge in [0.05, 0.1) is 19.2 Å². The average molecular weight is 377 g/mol. The number of nitrogens with zero attached hydrogens (tertiary/aromatic N) is 1. The van der Waals surface area contributed by atoms with Gasteiger partial charge in [0, 0.05) is 11.3 Å². The highest BCUT2D eigenvalue weighted by molar-refractivity contribution is 6.32. The van der Waals surface area contributed by atoms with E-state index in [-0.39, 0.29) is 17.1 Å². The Morgan fingerprint density at radius 2 is 1.92 bits per heavy atom. The highest BCUT2D eigenvalue weighted by Gasteiger charge is 2.25. The summed E-state index contributed by atoms with van der Waals surface area (Å²) >= 11 is 6.10. The summed E-state index contributed by atoms with van der Waals surface area (Å²) in [6.07, 6.45) is 0. The van der Waals surface area contributed by atoms with E-state index in [9.17, 15) is 9.18 Å². The quantitative estimate of drug-likeness (QED) is 0.652. The smallest absolute Gasteiger partial charge is 0.345 e. The van der Waals surface area contributed by atoms with Gasteiger partial charge in [0.25, 0.3) is 0 Å². The van der Waals surface area contributed by atoms with E-state index >= 15 is 0 Å². The van der Waals surface area contributed by atoms with Crippen LogP contribution in [-0.2, 0) is 4.74 Å². The summed E-state index contributed by atoms with van der Waals surface area (Å²) in [5.41, 5.74) is 1.39. The maximum atomic E-state index is 13.1. The molecule has 1 heterocycles. The fourth-order valence-electron chi connectivity index (χ4n) is 2.35. The third-order valence-electron chi connectivity index (χ3n) is 3.61. The molecule has 0 bridgehead atoms. The molecule has 1 aromatic heterocycles. The number of halogens is 2. The summed E-state index contributed by atoms with van der Waals surface area (Å²) in [6.45, 7) is 0. The molecular weight excluding hydrogens is 363 g/mol. The molecule has 0 aliphatic rings. The number of nitrogens with one attached hydrogen (secondary N) is 1. The lowest BCUT2D eigenvalue weighted by Crippen LogP contribution is -2.05. The minimum Gasteiger partial charge on any atom is -0.495 e. The molecule has 26 heavy (non-hydrogen) atoms. The summed E-state index contributed by atoms with van der Waals surface area (Å²) in [6, 6.07) is 10.5. The van der Waals surface area contributed by atoms with Crippen LogP contribution in [0.25, 0.3) is 11.3 Å². The second-order valence-electron chi connectivity index (χ2n) is 5.21. The minimum atomic E-state index is -0.646. The molecule has 0 saturated heterocycles. The Hall–Kier alpha value is -3.06. The van der Waals surface area contributed by atoms with E-state index < -0.39 is 11.8 Å². The van der Waals surface area contributed by atoms with Gasteiger partial charge in [-0.25, -0.2) is 9.18 Å². The van der Waals surface area contributed by atoms with E-state index in [0.717, 1.165) is 0 Å². The van der Waals surface area contributed by atoms with E-state index in [2.05, 4.69) is 10.5 Å². The summed E-state index contributed by atoms with van der Waals surface area (Å²) in [4.78, 5) is 12.2. The number of hydrogen-bond donors (Lipinski definition) is 1. The maximum absolute atomic E-state index is 13.1. The Morgan fingerprint density at radius 3 is 2.54 bits per heavy atom. The second-order valence-corrected chi connectivity index (χ2v) is 5.62. The SMILES string of the molecule is COC(=O)c1c(-c2ccc(F)cc2)noc1Nc1ccc(OC)c(Cl)c1. The number of benzene rings is 2. The molecule has 2 aromatic carbocycles. The van der Waals surface area contributed by atoms with Gasteiger partial charge in [0.1, 0.15) is 17.3 Å². The van der Waals surface area contributed by atoms with E-state index in [1.807, 2.05) is 0 Å². The van der Waals surface area contributed by atoms with Crippen LogP contribution in [0.15, 0.2) is 47.0 Å². The second kappa shape index (κ2) is 7.45. The number of methoxy groups -OCH3 is 2. The van der Waals surface area contributed by atoms with Crippen LogP contribution >= 0.6 is 11.6 Å². The Balaban J connectivity index is 2.01. The van der Waals surface area contributed by atoms with Crippen LogP contribution in [-0.4, -0.2) is 25.3 Å². The van der Waals surface area contributed by atoms with Gasteiger partial charge in [-0.2, -0.15) is 0 Å². The molecule has 0 aliphatic carbocycles. The Morgan fingerprint density at radius 1 is 1.19 bits per heavy atom. The monoisotopic (exact) mass is 376 g/mol. The van der Waals surface area contributed by atoms with Crippen LogP contribution in [0, 0.1) is 5.82 Å². The number of anilines is 2. The lowest BCUT2D eigenvalue weighted by atomic mass is 10.1. The predicted octanol–water partition coefficient (Wildman–Crippen LogP) is 4.67. The molecule has 0 aliphatic heterocycles. The molecule has 8 heteroatoms. The first kappa shape index (κ1) is 17.8. The van der Waals surface area contributed by atoms with Gasteiger partial charge in [-0.3, -0.25) is 0 Å². The standard InChI is InChI=1S/C18H14ClFN2O4/c1-24-14-8-7-12(9-13(14)19)21-17-15(18(23)25-2)16(22-26-17)10-3-5-11(20)6-4-10/h3-9,21H,1-2H3. The molecule has 3 rings (SSSR count). The zero-order valence-corrected chi connectivity index (χ0v) is 14.6. The first-order valence-corrected chi connectivity index (χ1v) is 7.85. The number of rotatable bonds is 5. The lowest BCUT2D eigenvalue weighted by Gasteiger charge is -2.08. The van der Waals surface area contributed by atoms with Gasteiger partial charge < -0.3 is 19.3 Å². The molecule has 6 nitrogen and oxygen atoms in total. The molecule has 3 aromatic rings. The molecule has 0 spiro atoms. The molecule has 0 atom stereocenters. The fraction of sp³-hybridized carbons (Fsp3) is 0.111. The lowest BCUT2D eigenvalue weighted by molar-refractivity contribution is 0.0602. The Labute approximate surface area is 153 Å². The Bertz CT molecular complexity index is 941. The first-order chi connectivity index (χ1) is 12.5. The molecule has 1 N–H and O–H groups in total. The van der Waals surface area contributed by atoms with Gasteiger partial charge in [0.2, 0.25) is 5.88 Å². The maximum Gasteiger partial charge on any atom is 0.345 e. The van der Waals surface area contributed by atoms with Crippen LogP contribution in [0.5, 0.6) is 5.75 Å². The predicted molar refractivity (Wildman–Crippen MR) is 94.5 cm³/mol. The zero-order valence-electron chi connectivity index (χ0n) is 13.9. The van der Waals surface area contributed by atoms with Gasteiger partial charge in [-0.05, 0) is 42.5 Å². The van der Waals surface area contributed by atoms with E-state index in [1.165, 1.54) is 38.5 Å². The van der Waals surface area contributed by atoms with Gasteiger partial charge in [-0.15, -0.1) is 0 Å². The van der Waals surface area contributed by atoms with Crippen LogP contribution in [0.2, 0.25) is 5.02 Å². The largest absolute Gasteiger partial charge is 0.495 e. The number of ether oxygens (including phenoxy) is 2. The normalized spacial score (nSPS) is 10.5. The first-order valence-electron chi connectivity index (χ1n) is 7.48. The summed E-state index contributed by atoms with van der Waals surface area (Å²) in [5, 5.41) is 7.24. The number of aromatic nitrogens is 1. The molecule has 0 radical (unpaired) electrons. The van der Waals surface area contributed by atoms with Crippen molar-refractivity contribution in [2.24, 2.45) is 0 Å². The summed E-state index contributed by atoms with van der Waals surface area (Å²) in [7, 11) is 2.76. The number of esters is 1. The molecule has 0 fully saturated rings. The number of carbonyl (C=O) groups excluding carboxylic acids is 1. The van der Waals surface area contributed by atoms with Crippen LogP contribution < -0.4 is 10.1 Å². The van der Waals surface area contributed by atoms with Crippen molar-refractivity contribution in [3.05, 3.63) is 58.9 Å². The van der Waals surface area contributed by atoms with Crippen molar-refractivity contribution in [3.8, 4) is 17.0 Å². The van der Waals surface area contributed by atoms with E-state index in [1.54, 1.807) is 18.2 Å². The fourth-order valence-corrected chi connectivity index (χ4v) is 2.60. The highest BCUT2D eigenvalue weighted by Crippen LogP contribution is 2.33. The van der Waals surface area contributed by atoms with Crippen LogP contribution in [0.4, 0.5) is 16.0 Å². The molecule has 0 saturated carbocycles. The van der Waals surface area contributed by atoms with Crippen molar-refractivity contribution in [2.75, 3.05) is 19.5 Å². The minimum absolute atomic E-state index is 0.0809. The summed E-state index contributed by atoms with van der Waals surface area (Å²) in [5.74, 6) is -0.455. The third kappa shape index (κ3) is 3.48. The van der Waals surface area contributed by atoms with Crippen LogP contribution in [0.1, 0.15) is 10.4 Å². The van der Waals surface area contributed by atoms with Gasteiger partial charge in [0.15, 0.2) is 5.56 Å². The third-order valence-corrected chi connectivity index (χ3v) is 3.90. The van der Waals surface area contributed by atoms with Crippen molar-refractivity contribution in [2.45, 2.75) is 0 Å². The number of carbonyl (C=O) groups is 1. The van der Waals surface area contributed by atoms with Crippen molar-refractivity contribution in [1.82, 2.24) is 5.16 Å². The average Bonchev–Trinajstić information content (AvgIpc) is 3.05. The molecule has 0 amide bonds. The van der Waals surface area contributed by atoms with Crippen molar-refractivity contribution in [1.29, 1.82) is 0 Å². The van der Waals surface area contributed by atoms with Crippen molar-refractivity contribution >= 4 is 29.1 Å². The highest BCUT2D eigenvalue weighted by atomic mass is 35.5. The van der Waals surface area contributed by atoms with E-state index in [0.29, 0.717) is 22.0 Å². The molecular formula is C18H14ClFN2O4. The topological polar surface area (TPSA) is 73.6 Å². The summed E-state index contributed by atoms with van der Waals surface area (Å²) < 4.78 is 28.3. The molecule has 134 valence electrons. The van der Waals surface area contributed by atoms with Gasteiger partial charge >= 0.3 is 5.97 Å². The Kier molecular flexibility index (Phi) is 5.09. The van der Waals surface area contributed by atoms with Crippen LogP contribution in [0.3, 0.4) is 0 Å². The van der Waals surface area contributed by atoms with E-state index in [4.69, 9.17) is 25.6 Å². The van der Waals surface area contributed by atoms with Crippen molar-refractivity contribution < 1.29 is 23.2 Å².